The van der Waals surface area contributed by atoms with Crippen molar-refractivity contribution in [3.05, 3.63) is 66.1 Å². The molecule has 1 amide bonds. The van der Waals surface area contributed by atoms with Gasteiger partial charge < -0.3 is 15.0 Å². The first-order valence-corrected chi connectivity index (χ1v) is 11.4. The molecule has 2 heterocycles. The molecule has 0 aliphatic heterocycles. The summed E-state index contributed by atoms with van der Waals surface area (Å²) in [5.74, 6) is 3.41. The maximum atomic E-state index is 12.3. The van der Waals surface area contributed by atoms with Crippen molar-refractivity contribution in [2.75, 3.05) is 13.2 Å². The number of aromatic amines is 1. The lowest BCUT2D eigenvalue weighted by atomic mass is 9.70. The number of nitrogens with one attached hydrogen (secondary N) is 2. The summed E-state index contributed by atoms with van der Waals surface area (Å²) in [6, 6.07) is 13.4. The van der Waals surface area contributed by atoms with E-state index in [0.717, 1.165) is 29.8 Å². The van der Waals surface area contributed by atoms with Gasteiger partial charge in [0.05, 0.1) is 5.52 Å². The monoisotopic (exact) mass is 432 g/mol. The summed E-state index contributed by atoms with van der Waals surface area (Å²) in [7, 11) is 0. The van der Waals surface area contributed by atoms with Crippen LogP contribution in [0.15, 0.2) is 60.3 Å². The molecule has 0 radical (unpaired) electrons. The quantitative estimate of drug-likeness (QED) is 0.512. The lowest BCUT2D eigenvalue weighted by Crippen LogP contribution is -2.38. The molecule has 0 saturated carbocycles. The molecule has 3 unspecified atom stereocenters. The number of rotatable bonds is 8. The van der Waals surface area contributed by atoms with Crippen LogP contribution >= 0.6 is 0 Å². The number of hydrogen-bond acceptors (Lipinski definition) is 4. The van der Waals surface area contributed by atoms with Crippen LogP contribution in [0.25, 0.3) is 11.2 Å². The number of fused-ring (bicyclic) bond motifs is 1. The minimum atomic E-state index is -0.0840. The van der Waals surface area contributed by atoms with Crippen molar-refractivity contribution < 1.29 is 9.53 Å². The Bertz CT molecular complexity index is 1040. The van der Waals surface area contributed by atoms with Crippen LogP contribution in [0.1, 0.15) is 33.0 Å². The summed E-state index contributed by atoms with van der Waals surface area (Å²) < 4.78 is 5.57. The summed E-state index contributed by atoms with van der Waals surface area (Å²) in [4.78, 5) is 24.8. The van der Waals surface area contributed by atoms with Gasteiger partial charge in [-0.25, -0.2) is 9.97 Å². The van der Waals surface area contributed by atoms with Crippen LogP contribution in [-0.4, -0.2) is 34.0 Å². The number of imidazole rings is 1. The van der Waals surface area contributed by atoms with Gasteiger partial charge >= 0.3 is 0 Å². The Balaban J connectivity index is 1.37. The topological polar surface area (TPSA) is 79.9 Å². The van der Waals surface area contributed by atoms with Crippen LogP contribution in [0.5, 0.6) is 5.75 Å². The fraction of sp³-hybridized carbons (Fsp3) is 0.423. The Morgan fingerprint density at radius 3 is 2.78 bits per heavy atom. The number of aromatic nitrogens is 3. The lowest BCUT2D eigenvalue weighted by molar-refractivity contribution is -0.123. The average molecular weight is 433 g/mol. The Morgan fingerprint density at radius 2 is 2.03 bits per heavy atom. The SMILES string of the molecule is CC1=CC(CNC(=O)COc2ccccc2)C(C(C)C)CC1Cc1nc2ncccc2[nH]1. The lowest BCUT2D eigenvalue weighted by Gasteiger charge is -2.37. The number of pyridine rings is 1. The van der Waals surface area contributed by atoms with Crippen molar-refractivity contribution in [2.45, 2.75) is 33.6 Å². The van der Waals surface area contributed by atoms with Crippen LogP contribution in [0.4, 0.5) is 0 Å². The molecule has 4 rings (SSSR count). The van der Waals surface area contributed by atoms with Crippen molar-refractivity contribution in [1.29, 1.82) is 0 Å². The van der Waals surface area contributed by atoms with Gasteiger partial charge in [-0.1, -0.05) is 43.7 Å². The number of hydrogen-bond donors (Lipinski definition) is 2. The smallest absolute Gasteiger partial charge is 0.257 e. The molecule has 1 aliphatic rings. The normalized spacial score (nSPS) is 20.9. The van der Waals surface area contributed by atoms with Gasteiger partial charge in [0.1, 0.15) is 11.6 Å². The molecule has 0 spiro atoms. The minimum absolute atomic E-state index is 0.0362. The summed E-state index contributed by atoms with van der Waals surface area (Å²) in [5, 5.41) is 3.08. The molecule has 6 nitrogen and oxygen atoms in total. The fourth-order valence-corrected chi connectivity index (χ4v) is 4.68. The number of H-pyrrole nitrogens is 1. The molecule has 3 aromatic rings. The second-order valence-corrected chi connectivity index (χ2v) is 9.08. The maximum absolute atomic E-state index is 12.3. The second kappa shape index (κ2) is 9.98. The van der Waals surface area contributed by atoms with Gasteiger partial charge in [-0.15, -0.1) is 0 Å². The minimum Gasteiger partial charge on any atom is -0.484 e. The highest BCUT2D eigenvalue weighted by atomic mass is 16.5. The Morgan fingerprint density at radius 1 is 1.22 bits per heavy atom. The van der Waals surface area contributed by atoms with Crippen molar-refractivity contribution in [1.82, 2.24) is 20.3 Å². The number of carbonyl (C=O) groups is 1. The first-order valence-electron chi connectivity index (χ1n) is 11.4. The largest absolute Gasteiger partial charge is 0.484 e. The van der Waals surface area contributed by atoms with Crippen LogP contribution < -0.4 is 10.1 Å². The van der Waals surface area contributed by atoms with Crippen LogP contribution in [-0.2, 0) is 11.2 Å². The third-order valence-electron chi connectivity index (χ3n) is 6.48. The molecular weight excluding hydrogens is 400 g/mol. The summed E-state index contributed by atoms with van der Waals surface area (Å²) in [5.41, 5.74) is 3.13. The number of amides is 1. The molecule has 168 valence electrons. The second-order valence-electron chi connectivity index (χ2n) is 9.08. The van der Waals surface area contributed by atoms with Crippen molar-refractivity contribution in [3.63, 3.8) is 0 Å². The molecule has 0 bridgehead atoms. The standard InChI is InChI=1S/C26H32N4O2/c1-17(2)22-13-19(14-24-29-23-10-7-11-27-26(23)30-24)18(3)12-20(22)15-28-25(31)16-32-21-8-5-4-6-9-21/h4-12,17,19-20,22H,13-16H2,1-3H3,(H,28,31)(H,27,29,30). The van der Waals surface area contributed by atoms with E-state index in [2.05, 4.69) is 47.1 Å². The molecule has 2 aromatic heterocycles. The number of ether oxygens (including phenoxy) is 1. The summed E-state index contributed by atoms with van der Waals surface area (Å²) >= 11 is 0. The maximum Gasteiger partial charge on any atom is 0.257 e. The van der Waals surface area contributed by atoms with Crippen LogP contribution in [0.3, 0.4) is 0 Å². The Kier molecular flexibility index (Phi) is 6.88. The summed E-state index contributed by atoms with van der Waals surface area (Å²) in [6.45, 7) is 7.42. The van der Waals surface area contributed by atoms with E-state index in [0.29, 0.717) is 36.0 Å². The molecule has 3 atom stereocenters. The molecule has 1 aliphatic carbocycles. The zero-order valence-electron chi connectivity index (χ0n) is 19.0. The number of nitrogens with zero attached hydrogens (tertiary/aromatic N) is 2. The highest BCUT2D eigenvalue weighted by Gasteiger charge is 2.32. The Hall–Kier alpha value is -3.15. The first kappa shape index (κ1) is 22.1. The van der Waals surface area contributed by atoms with Gasteiger partial charge in [-0.3, -0.25) is 4.79 Å². The fourth-order valence-electron chi connectivity index (χ4n) is 4.68. The predicted octanol–water partition coefficient (Wildman–Crippen LogP) is 4.55. The number of carbonyl (C=O) groups excluding carboxylic acids is 1. The van der Waals surface area contributed by atoms with E-state index in [4.69, 9.17) is 4.74 Å². The third kappa shape index (κ3) is 5.36. The molecule has 0 saturated heterocycles. The number of allylic oxidation sites excluding steroid dienone is 1. The molecular formula is C26H32N4O2. The van der Waals surface area contributed by atoms with Gasteiger partial charge in [-0.05, 0) is 61.3 Å². The van der Waals surface area contributed by atoms with E-state index in [9.17, 15) is 4.79 Å². The van der Waals surface area contributed by atoms with E-state index < -0.39 is 0 Å². The van der Waals surface area contributed by atoms with Gasteiger partial charge in [0, 0.05) is 19.2 Å². The zero-order chi connectivity index (χ0) is 22.5. The van der Waals surface area contributed by atoms with Crippen LogP contribution in [0.2, 0.25) is 0 Å². The summed E-state index contributed by atoms with van der Waals surface area (Å²) in [6.07, 6.45) is 6.10. The van der Waals surface area contributed by atoms with Gasteiger partial charge in [0.15, 0.2) is 12.3 Å². The third-order valence-corrected chi connectivity index (χ3v) is 6.48. The van der Waals surface area contributed by atoms with E-state index >= 15 is 0 Å². The highest BCUT2D eigenvalue weighted by molar-refractivity contribution is 5.77. The van der Waals surface area contributed by atoms with Crippen molar-refractivity contribution >= 4 is 17.1 Å². The predicted molar refractivity (Wildman–Crippen MR) is 126 cm³/mol. The van der Waals surface area contributed by atoms with Crippen molar-refractivity contribution in [3.8, 4) is 5.75 Å². The molecule has 1 aromatic carbocycles. The highest BCUT2D eigenvalue weighted by Crippen LogP contribution is 2.38. The van der Waals surface area contributed by atoms with Gasteiger partial charge in [-0.2, -0.15) is 0 Å². The molecule has 32 heavy (non-hydrogen) atoms. The average Bonchev–Trinajstić information content (AvgIpc) is 3.20. The molecule has 0 fully saturated rings. The van der Waals surface area contributed by atoms with Crippen LogP contribution in [0, 0.1) is 23.7 Å². The molecule has 2 N–H and O–H groups in total. The van der Waals surface area contributed by atoms with E-state index in [1.165, 1.54) is 5.57 Å². The first-order chi connectivity index (χ1) is 15.5. The van der Waals surface area contributed by atoms with E-state index in [-0.39, 0.29) is 12.5 Å². The molecule has 6 heteroatoms. The van der Waals surface area contributed by atoms with E-state index in [1.54, 1.807) is 6.20 Å². The number of benzene rings is 1. The van der Waals surface area contributed by atoms with Crippen molar-refractivity contribution in [2.24, 2.45) is 23.7 Å². The Labute approximate surface area is 189 Å². The number of para-hydroxylation sites is 1. The zero-order valence-corrected chi connectivity index (χ0v) is 19.0. The van der Waals surface area contributed by atoms with E-state index in [1.807, 2.05) is 42.5 Å². The van der Waals surface area contributed by atoms with Gasteiger partial charge in [0.2, 0.25) is 0 Å². The van der Waals surface area contributed by atoms with Gasteiger partial charge in [0.25, 0.3) is 5.91 Å².